The molecule has 1 heterocycles. The van der Waals surface area contributed by atoms with E-state index in [0.717, 1.165) is 12.1 Å². The molecule has 0 N–H and O–H groups in total. The SMILES string of the molecule is CCCCCCCCc1ccc(F)n1C. The van der Waals surface area contributed by atoms with E-state index in [4.69, 9.17) is 0 Å². The summed E-state index contributed by atoms with van der Waals surface area (Å²) in [5, 5.41) is 0. The van der Waals surface area contributed by atoms with Crippen LogP contribution in [0.15, 0.2) is 12.1 Å². The lowest BCUT2D eigenvalue weighted by molar-refractivity contribution is 0.519. The lowest BCUT2D eigenvalue weighted by Gasteiger charge is -2.03. The molecule has 86 valence electrons. The molecule has 1 aromatic heterocycles. The van der Waals surface area contributed by atoms with Crippen LogP contribution in [0.4, 0.5) is 4.39 Å². The number of nitrogens with zero attached hydrogens (tertiary/aromatic N) is 1. The summed E-state index contributed by atoms with van der Waals surface area (Å²) < 4.78 is 14.6. The smallest absolute Gasteiger partial charge is 0.193 e. The van der Waals surface area contributed by atoms with Gasteiger partial charge in [0.1, 0.15) is 0 Å². The number of hydrogen-bond acceptors (Lipinski definition) is 0. The Balaban J connectivity index is 2.12. The molecule has 0 radical (unpaired) electrons. The molecule has 1 rings (SSSR count). The van der Waals surface area contributed by atoms with Gasteiger partial charge in [0, 0.05) is 12.7 Å². The number of unbranched alkanes of at least 4 members (excludes halogenated alkanes) is 5. The number of aryl methyl sites for hydroxylation is 1. The summed E-state index contributed by atoms with van der Waals surface area (Å²) in [5.74, 6) is -0.129. The fourth-order valence-corrected chi connectivity index (χ4v) is 1.86. The van der Waals surface area contributed by atoms with E-state index in [1.54, 1.807) is 17.7 Å². The van der Waals surface area contributed by atoms with E-state index >= 15 is 0 Å². The Morgan fingerprint density at radius 2 is 1.73 bits per heavy atom. The van der Waals surface area contributed by atoms with Crippen molar-refractivity contribution in [3.05, 3.63) is 23.8 Å². The molecule has 15 heavy (non-hydrogen) atoms. The lowest BCUT2D eigenvalue weighted by atomic mass is 10.1. The summed E-state index contributed by atoms with van der Waals surface area (Å²) in [5.41, 5.74) is 1.11. The molecule has 0 aliphatic heterocycles. The van der Waals surface area contributed by atoms with E-state index in [1.165, 1.54) is 38.5 Å². The first-order chi connectivity index (χ1) is 7.25. The fourth-order valence-electron chi connectivity index (χ4n) is 1.86. The summed E-state index contributed by atoms with van der Waals surface area (Å²) in [6.45, 7) is 2.23. The van der Waals surface area contributed by atoms with Gasteiger partial charge in [-0.2, -0.15) is 4.39 Å². The van der Waals surface area contributed by atoms with Crippen LogP contribution in [0.5, 0.6) is 0 Å². The predicted octanol–water partition coefficient (Wildman–Crippen LogP) is 4.07. The molecule has 0 fully saturated rings. The molecule has 0 saturated heterocycles. The first-order valence-corrected chi connectivity index (χ1v) is 6.05. The Labute approximate surface area is 92.3 Å². The molecule has 0 saturated carbocycles. The van der Waals surface area contributed by atoms with E-state index in [2.05, 4.69) is 6.92 Å². The van der Waals surface area contributed by atoms with Gasteiger partial charge in [-0.3, -0.25) is 0 Å². The minimum absolute atomic E-state index is 0.129. The third kappa shape index (κ3) is 4.06. The molecule has 1 aromatic rings. The van der Waals surface area contributed by atoms with Crippen molar-refractivity contribution in [3.63, 3.8) is 0 Å². The zero-order valence-electron chi connectivity index (χ0n) is 9.93. The minimum atomic E-state index is -0.129. The minimum Gasteiger partial charge on any atom is -0.325 e. The molecule has 0 aromatic carbocycles. The van der Waals surface area contributed by atoms with Crippen LogP contribution in [0.2, 0.25) is 0 Å². The van der Waals surface area contributed by atoms with Crippen molar-refractivity contribution in [2.24, 2.45) is 7.05 Å². The standard InChI is InChI=1S/C13H22FN/c1-3-4-5-6-7-8-9-12-10-11-13(14)15(12)2/h10-11H,3-9H2,1-2H3. The molecule has 0 aliphatic rings. The Bertz CT molecular complexity index is 278. The summed E-state index contributed by atoms with van der Waals surface area (Å²) in [6.07, 6.45) is 8.76. The van der Waals surface area contributed by atoms with Gasteiger partial charge in [-0.25, -0.2) is 0 Å². The number of hydrogen-bond donors (Lipinski definition) is 0. The van der Waals surface area contributed by atoms with Crippen molar-refractivity contribution in [3.8, 4) is 0 Å². The molecule has 0 unspecified atom stereocenters. The van der Waals surface area contributed by atoms with Crippen LogP contribution in [0.25, 0.3) is 0 Å². The second-order valence-electron chi connectivity index (χ2n) is 4.22. The molecule has 1 nitrogen and oxygen atoms in total. The van der Waals surface area contributed by atoms with Crippen molar-refractivity contribution in [1.82, 2.24) is 4.57 Å². The van der Waals surface area contributed by atoms with E-state index in [1.807, 2.05) is 6.07 Å². The van der Waals surface area contributed by atoms with Crippen LogP contribution < -0.4 is 0 Å². The van der Waals surface area contributed by atoms with E-state index in [9.17, 15) is 4.39 Å². The van der Waals surface area contributed by atoms with Gasteiger partial charge in [-0.05, 0) is 25.0 Å². The number of rotatable bonds is 7. The molecule has 0 spiro atoms. The quantitative estimate of drug-likeness (QED) is 0.599. The van der Waals surface area contributed by atoms with Gasteiger partial charge in [0.05, 0.1) is 0 Å². The third-order valence-electron chi connectivity index (χ3n) is 2.95. The summed E-state index contributed by atoms with van der Waals surface area (Å²) in [7, 11) is 1.79. The maximum atomic E-state index is 13.0. The summed E-state index contributed by atoms with van der Waals surface area (Å²) in [4.78, 5) is 0. The Morgan fingerprint density at radius 3 is 2.33 bits per heavy atom. The van der Waals surface area contributed by atoms with Crippen LogP contribution in [-0.4, -0.2) is 4.57 Å². The maximum absolute atomic E-state index is 13.0. The largest absolute Gasteiger partial charge is 0.325 e. The topological polar surface area (TPSA) is 4.93 Å². The predicted molar refractivity (Wildman–Crippen MR) is 62.5 cm³/mol. The lowest BCUT2D eigenvalue weighted by Crippen LogP contribution is -1.98. The first-order valence-electron chi connectivity index (χ1n) is 6.05. The second kappa shape index (κ2) is 6.65. The maximum Gasteiger partial charge on any atom is 0.193 e. The van der Waals surface area contributed by atoms with Gasteiger partial charge in [-0.15, -0.1) is 0 Å². The van der Waals surface area contributed by atoms with Crippen LogP contribution in [0.1, 0.15) is 51.1 Å². The zero-order chi connectivity index (χ0) is 11.1. The van der Waals surface area contributed by atoms with Crippen molar-refractivity contribution in [2.45, 2.75) is 51.9 Å². The number of aromatic nitrogens is 1. The molecular formula is C13H22FN. The Hall–Kier alpha value is -0.790. The molecular weight excluding hydrogens is 189 g/mol. The van der Waals surface area contributed by atoms with Crippen LogP contribution in [0.3, 0.4) is 0 Å². The second-order valence-corrected chi connectivity index (χ2v) is 4.22. The van der Waals surface area contributed by atoms with Crippen molar-refractivity contribution < 1.29 is 4.39 Å². The number of halogens is 1. The van der Waals surface area contributed by atoms with Gasteiger partial charge in [0.2, 0.25) is 0 Å². The molecule has 2 heteroatoms. The van der Waals surface area contributed by atoms with Gasteiger partial charge in [0.25, 0.3) is 0 Å². The third-order valence-corrected chi connectivity index (χ3v) is 2.95. The average molecular weight is 211 g/mol. The Kier molecular flexibility index (Phi) is 5.44. The first kappa shape index (κ1) is 12.3. The molecule has 0 atom stereocenters. The van der Waals surface area contributed by atoms with E-state index in [0.29, 0.717) is 0 Å². The van der Waals surface area contributed by atoms with Crippen molar-refractivity contribution in [2.75, 3.05) is 0 Å². The Morgan fingerprint density at radius 1 is 1.07 bits per heavy atom. The fraction of sp³-hybridized carbons (Fsp3) is 0.692. The van der Waals surface area contributed by atoms with Crippen LogP contribution >= 0.6 is 0 Å². The zero-order valence-corrected chi connectivity index (χ0v) is 9.93. The van der Waals surface area contributed by atoms with Gasteiger partial charge in [-0.1, -0.05) is 39.0 Å². The van der Waals surface area contributed by atoms with Crippen LogP contribution in [0, 0.1) is 5.95 Å². The van der Waals surface area contributed by atoms with Gasteiger partial charge < -0.3 is 4.57 Å². The van der Waals surface area contributed by atoms with Crippen molar-refractivity contribution >= 4 is 0 Å². The molecule has 0 amide bonds. The average Bonchev–Trinajstić information content (AvgIpc) is 2.54. The molecule has 0 bridgehead atoms. The summed E-state index contributed by atoms with van der Waals surface area (Å²) in [6, 6.07) is 3.44. The molecule has 0 aliphatic carbocycles. The summed E-state index contributed by atoms with van der Waals surface area (Å²) >= 11 is 0. The highest BCUT2D eigenvalue weighted by Gasteiger charge is 2.02. The van der Waals surface area contributed by atoms with Gasteiger partial charge >= 0.3 is 0 Å². The van der Waals surface area contributed by atoms with Gasteiger partial charge in [0.15, 0.2) is 5.95 Å². The van der Waals surface area contributed by atoms with Crippen molar-refractivity contribution in [1.29, 1.82) is 0 Å². The van der Waals surface area contributed by atoms with E-state index < -0.39 is 0 Å². The highest BCUT2D eigenvalue weighted by Crippen LogP contribution is 2.11. The highest BCUT2D eigenvalue weighted by atomic mass is 19.1. The normalized spacial score (nSPS) is 10.9. The van der Waals surface area contributed by atoms with E-state index in [-0.39, 0.29) is 5.95 Å². The van der Waals surface area contributed by atoms with Crippen LogP contribution in [-0.2, 0) is 13.5 Å². The highest BCUT2D eigenvalue weighted by molar-refractivity contribution is 5.08. The monoisotopic (exact) mass is 211 g/mol.